The molecule has 4 atom stereocenters. The van der Waals surface area contributed by atoms with Gasteiger partial charge in [0.15, 0.2) is 0 Å². The van der Waals surface area contributed by atoms with Gasteiger partial charge in [-0.05, 0) is 277 Å². The molecule has 0 bridgehead atoms. The average Bonchev–Trinajstić information content (AvgIpc) is 1.59. The Morgan fingerprint density at radius 1 is 0.366 bits per heavy atom. The third-order valence-electron chi connectivity index (χ3n) is 22.3. The van der Waals surface area contributed by atoms with Crippen LogP contribution < -0.4 is 0 Å². The topological polar surface area (TPSA) is 238 Å². The van der Waals surface area contributed by atoms with Crippen LogP contribution in [0.4, 0.5) is 36.7 Å². The van der Waals surface area contributed by atoms with Gasteiger partial charge in [0.2, 0.25) is 0 Å². The Morgan fingerprint density at radius 2 is 0.634 bits per heavy atom. The van der Waals surface area contributed by atoms with E-state index in [0.29, 0.717) is 85.9 Å². The number of nitrogens with zero attached hydrogens (tertiary/aromatic N) is 6. The molecule has 4 aliphatic heterocycles. The Kier molecular flexibility index (Phi) is 28.6. The predicted molar refractivity (Wildman–Crippen MR) is 472 cm³/mol. The summed E-state index contributed by atoms with van der Waals surface area (Å²) in [6.07, 6.45) is 7.34. The van der Waals surface area contributed by atoms with Crippen molar-refractivity contribution in [3.8, 4) is 45.0 Å². The van der Waals surface area contributed by atoms with Crippen LogP contribution in [0.3, 0.4) is 0 Å². The second-order valence-corrected chi connectivity index (χ2v) is 37.0. The molecule has 4 aliphatic rings. The average molecular weight is 1760 g/mol. The number of carbonyl (C=O) groups is 7. The van der Waals surface area contributed by atoms with Crippen LogP contribution in [0.2, 0.25) is 0 Å². The highest BCUT2D eigenvalue weighted by atomic mass is 79.9. The van der Waals surface area contributed by atoms with Crippen molar-refractivity contribution < 1.29 is 84.3 Å². The number of alkyl halides is 1. The number of fused-ring (bicyclic) bond motifs is 4. The first-order valence-corrected chi connectivity index (χ1v) is 43.7. The number of aromatic nitrogens is 4. The van der Waals surface area contributed by atoms with Gasteiger partial charge in [0.25, 0.3) is 0 Å². The Balaban J connectivity index is 0.000000212. The first-order valence-electron chi connectivity index (χ1n) is 42.6. The Morgan fingerprint density at radius 3 is 0.911 bits per heavy atom. The lowest BCUT2D eigenvalue weighted by Gasteiger charge is -2.29. The highest BCUT2D eigenvalue weighted by molar-refractivity contribution is 9.09. The lowest BCUT2D eigenvalue weighted by Crippen LogP contribution is -2.40. The molecule has 4 aromatic heterocycles. The molecule has 4 saturated heterocycles. The first kappa shape index (κ1) is 91.4. The van der Waals surface area contributed by atoms with E-state index in [0.717, 1.165) is 140 Å². The summed E-state index contributed by atoms with van der Waals surface area (Å²) in [4.78, 5) is 101. The number of amides is 4. The van der Waals surface area contributed by atoms with Crippen molar-refractivity contribution in [1.29, 1.82) is 0 Å². The van der Waals surface area contributed by atoms with Crippen molar-refractivity contribution in [2.24, 2.45) is 0 Å². The van der Waals surface area contributed by atoms with Crippen LogP contribution in [0, 0.1) is 23.3 Å². The molecule has 123 heavy (non-hydrogen) atoms. The highest BCUT2D eigenvalue weighted by Gasteiger charge is 2.40. The molecule has 0 saturated carbocycles. The van der Waals surface area contributed by atoms with Gasteiger partial charge in [-0.15, -0.1) is 0 Å². The Labute approximate surface area is 724 Å². The number of benzene rings is 6. The maximum absolute atomic E-state index is 15.1. The molecule has 4 amide bonds. The summed E-state index contributed by atoms with van der Waals surface area (Å²) in [5.41, 5.74) is 10.8. The summed E-state index contributed by atoms with van der Waals surface area (Å²) >= 11 is 3.10. The van der Waals surface area contributed by atoms with Crippen LogP contribution >= 0.6 is 15.9 Å². The van der Waals surface area contributed by atoms with Crippen LogP contribution in [0.1, 0.15) is 177 Å². The second-order valence-electron chi connectivity index (χ2n) is 36.2. The predicted octanol–water partition coefficient (Wildman–Crippen LogP) is 21.3. The van der Waals surface area contributed by atoms with E-state index >= 15 is 8.78 Å². The number of hydrogen-bond acceptors (Lipinski definition) is 14. The van der Waals surface area contributed by atoms with Gasteiger partial charge in [0, 0.05) is 120 Å². The molecule has 14 rings (SSSR count). The zero-order valence-electron chi connectivity index (χ0n) is 73.2. The van der Waals surface area contributed by atoms with Gasteiger partial charge in [-0.2, -0.15) is 0 Å². The van der Waals surface area contributed by atoms with Gasteiger partial charge in [0.1, 0.15) is 65.5 Å². The van der Waals surface area contributed by atoms with Crippen molar-refractivity contribution in [2.45, 2.75) is 241 Å². The Hall–Kier alpha value is -10.8. The van der Waals surface area contributed by atoms with Crippen LogP contribution in [0.25, 0.3) is 88.6 Å². The van der Waals surface area contributed by atoms with E-state index in [1.165, 1.54) is 69.3 Å². The third-order valence-corrected chi connectivity index (χ3v) is 22.6. The maximum Gasteiger partial charge on any atom is 0.410 e. The number of hydrogen-bond donors (Lipinski definition) is 2. The molecule has 10 aromatic rings. The number of likely N-dealkylation sites (tertiary alicyclic amines) is 4. The van der Waals surface area contributed by atoms with E-state index in [1.807, 2.05) is 151 Å². The van der Waals surface area contributed by atoms with E-state index in [-0.39, 0.29) is 92.4 Å². The quantitative estimate of drug-likeness (QED) is 0.0312. The van der Waals surface area contributed by atoms with Crippen molar-refractivity contribution in [3.63, 3.8) is 0 Å². The number of esters is 3. The van der Waals surface area contributed by atoms with Crippen LogP contribution in [-0.4, -0.2) is 179 Å². The van der Waals surface area contributed by atoms with Crippen LogP contribution in [0.15, 0.2) is 121 Å². The number of aromatic amines is 2. The first-order chi connectivity index (χ1) is 58.2. The highest BCUT2D eigenvalue weighted by Crippen LogP contribution is 2.44. The van der Waals surface area contributed by atoms with Gasteiger partial charge in [0.05, 0.1) is 35.5 Å². The van der Waals surface area contributed by atoms with Crippen molar-refractivity contribution >= 4 is 102 Å². The molecular weight excluding hydrogens is 1640 g/mol. The summed E-state index contributed by atoms with van der Waals surface area (Å²) in [5, 5.41) is 4.19. The fraction of sp³-hybridized carbons (Fsp3) is 0.469. The van der Waals surface area contributed by atoms with Crippen molar-refractivity contribution in [1.82, 2.24) is 38.7 Å². The minimum Gasteiger partial charge on any atom is -0.465 e. The number of H-pyrrole nitrogens is 2. The molecule has 22 nitrogen and oxygen atoms in total. The monoisotopic (exact) mass is 1760 g/mol. The Bertz CT molecular complexity index is 5190. The number of ether oxygens (including phenoxy) is 7. The molecule has 0 aliphatic carbocycles. The lowest BCUT2D eigenvalue weighted by molar-refractivity contribution is -0.142. The summed E-state index contributed by atoms with van der Waals surface area (Å²) in [6.45, 7) is 29.8. The number of carbonyl (C=O) groups excluding carboxylic acids is 7. The molecule has 8 heterocycles. The molecule has 2 N–H and O–H groups in total. The molecule has 0 radical (unpaired) electrons. The minimum atomic E-state index is -0.670. The standard InChI is InChI=1S/C50H60F2N4O8.C42H48F2N4O4.C4H7BrO2/c1-31(57)61-25-23-55-43-27-35(51)17-19-39(43)41(29-37-11-9-21-53(37)47(59)63-49(3,4)5)45(55)33-13-15-34(16-14-33)46-42(30-38-12-10-22-54(38)48(60)64-50(6,7)8)40-20-18-36(52)28-44(40)56(46)24-26-62-32(2)58;1-41(2,3)51-39(49)47-19-7-9-29(47)23-33-31-17-15-27(43)21-35(31)45-37(33)25-11-13-26(14-12-25)38-34(32-18-16-28(44)22-36(32)46-38)24-30-10-8-20-48(30)40(50)52-42(4,5)6;1-4(6)7-3-2-5/h13-20,27-28,37-38H,9-12,21-26,29-30H2,1-8H3;11-18,21-22,29-30,45-46H,7-10,19-20,23-24H2,1-6H3;2-3H2,1H3/t37-,38-;29-,30-;/m00./s1. The van der Waals surface area contributed by atoms with E-state index in [9.17, 15) is 42.3 Å². The van der Waals surface area contributed by atoms with Gasteiger partial charge in [-0.25, -0.2) is 36.7 Å². The summed E-state index contributed by atoms with van der Waals surface area (Å²) in [6, 6.07) is 34.6. The number of rotatable bonds is 20. The van der Waals surface area contributed by atoms with Crippen molar-refractivity contribution in [2.75, 3.05) is 51.3 Å². The molecule has 6 aromatic carbocycles. The SMILES string of the molecule is CC(=O)OCCBr.CC(=O)OCCn1c(-c2ccc(-c3c(C[C@@H]4CCCN4C(=O)OC(C)(C)C)c4ccc(F)cc4n3CCOC(C)=O)cc2)c(C[C@@H]2CCCN2C(=O)OC(C)(C)C)c2ccc(F)cc21.CC(C)(C)OC(=O)N1CCC[C@H]1Cc1c(-c2ccc(-c3[nH]c4cc(F)ccc4c3C[C@@H]3CCCN3C(=O)OC(C)(C)C)cc2)[nH]c2cc(F)ccc12. The minimum absolute atomic E-state index is 0.0530. The summed E-state index contributed by atoms with van der Waals surface area (Å²) < 4.78 is 102. The zero-order valence-corrected chi connectivity index (χ0v) is 74.8. The lowest BCUT2D eigenvalue weighted by atomic mass is 9.95. The second kappa shape index (κ2) is 38.5. The molecule has 658 valence electrons. The van der Waals surface area contributed by atoms with E-state index in [4.69, 9.17) is 28.4 Å². The normalized spacial score (nSPS) is 16.9. The number of halogens is 5. The van der Waals surface area contributed by atoms with Crippen LogP contribution in [-0.2, 0) is 86.3 Å². The van der Waals surface area contributed by atoms with Gasteiger partial charge in [-0.3, -0.25) is 14.4 Å². The van der Waals surface area contributed by atoms with Crippen molar-refractivity contribution in [3.05, 3.63) is 167 Å². The fourth-order valence-electron chi connectivity index (χ4n) is 17.4. The fourth-order valence-corrected chi connectivity index (χ4v) is 17.6. The molecule has 4 fully saturated rings. The number of nitrogens with one attached hydrogen (secondary N) is 2. The molecule has 0 spiro atoms. The molecule has 0 unspecified atom stereocenters. The van der Waals surface area contributed by atoms with E-state index < -0.39 is 46.0 Å². The van der Waals surface area contributed by atoms with Gasteiger partial charge < -0.3 is 71.9 Å². The largest absolute Gasteiger partial charge is 0.465 e. The zero-order chi connectivity index (χ0) is 88.7. The third kappa shape index (κ3) is 22.8. The van der Waals surface area contributed by atoms with Crippen LogP contribution in [0.5, 0.6) is 0 Å². The molecule has 27 heteroatoms. The summed E-state index contributed by atoms with van der Waals surface area (Å²) in [7, 11) is 0. The maximum atomic E-state index is 15.1. The molecular formula is C96H115BrF4N8O14. The van der Waals surface area contributed by atoms with Gasteiger partial charge in [-0.1, -0.05) is 64.5 Å². The van der Waals surface area contributed by atoms with E-state index in [1.54, 1.807) is 34.1 Å². The summed E-state index contributed by atoms with van der Waals surface area (Å²) in [5.74, 6) is -2.57. The van der Waals surface area contributed by atoms with E-state index in [2.05, 4.69) is 30.6 Å². The smallest absolute Gasteiger partial charge is 0.410 e. The van der Waals surface area contributed by atoms with Gasteiger partial charge >= 0.3 is 42.3 Å².